The van der Waals surface area contributed by atoms with Gasteiger partial charge in [0.1, 0.15) is 28.5 Å². The molecule has 164 valence electrons. The van der Waals surface area contributed by atoms with Crippen LogP contribution in [0.5, 0.6) is 17.2 Å². The van der Waals surface area contributed by atoms with Crippen LogP contribution >= 0.6 is 11.8 Å². The highest BCUT2D eigenvalue weighted by molar-refractivity contribution is 8.00. The number of nitriles is 2. The van der Waals surface area contributed by atoms with Gasteiger partial charge in [-0.2, -0.15) is 10.5 Å². The minimum Gasteiger partial charge on any atom is -0.493 e. The number of carbonyl (C=O) groups is 2. The highest BCUT2D eigenvalue weighted by Gasteiger charge is 2.38. The lowest BCUT2D eigenvalue weighted by atomic mass is 9.96. The van der Waals surface area contributed by atoms with E-state index in [0.717, 1.165) is 16.7 Å². The number of nitrogens with zero attached hydrogens (tertiary/aromatic N) is 4. The van der Waals surface area contributed by atoms with Gasteiger partial charge in [0.15, 0.2) is 11.5 Å². The third kappa shape index (κ3) is 3.74. The summed E-state index contributed by atoms with van der Waals surface area (Å²) in [6, 6.07) is 7.24. The molecule has 0 bridgehead atoms. The van der Waals surface area contributed by atoms with Crippen LogP contribution in [0, 0.1) is 22.7 Å². The third-order valence-corrected chi connectivity index (χ3v) is 6.13. The second-order valence-electron chi connectivity index (χ2n) is 6.67. The predicted octanol–water partition coefficient (Wildman–Crippen LogP) is 1.95. The summed E-state index contributed by atoms with van der Waals surface area (Å²) in [5, 5.41) is 19.1. The fourth-order valence-corrected chi connectivity index (χ4v) is 4.52. The molecule has 2 N–H and O–H groups in total. The van der Waals surface area contributed by atoms with Crippen molar-refractivity contribution < 1.29 is 23.8 Å². The summed E-state index contributed by atoms with van der Waals surface area (Å²) in [5.41, 5.74) is 6.71. The first-order valence-electron chi connectivity index (χ1n) is 9.22. The van der Waals surface area contributed by atoms with E-state index in [4.69, 9.17) is 19.9 Å². The minimum atomic E-state index is -0.743. The van der Waals surface area contributed by atoms with Crippen LogP contribution in [0.25, 0.3) is 11.1 Å². The van der Waals surface area contributed by atoms with E-state index in [-0.39, 0.29) is 45.8 Å². The number of thioether (sulfide) groups is 1. The van der Waals surface area contributed by atoms with Gasteiger partial charge in [-0.1, -0.05) is 11.8 Å². The van der Waals surface area contributed by atoms with Crippen LogP contribution in [0.1, 0.15) is 17.5 Å². The molecule has 10 nitrogen and oxygen atoms in total. The van der Waals surface area contributed by atoms with Crippen LogP contribution in [-0.4, -0.2) is 55.3 Å². The Bertz CT molecular complexity index is 1180. The molecule has 11 heteroatoms. The van der Waals surface area contributed by atoms with Crippen LogP contribution in [-0.2, 0) is 9.59 Å². The molecule has 2 aromatic rings. The molecule has 1 aliphatic rings. The molecule has 0 saturated carbocycles. The number of nitrogens with two attached hydrogens (primary N) is 1. The number of hydrogen-bond acceptors (Lipinski definition) is 10. The molecular weight excluding hydrogens is 434 g/mol. The maximum Gasteiger partial charge on any atom is 0.242 e. The zero-order chi connectivity index (χ0) is 23.6. The molecule has 1 aromatic heterocycles. The van der Waals surface area contributed by atoms with Crippen molar-refractivity contribution in [1.82, 2.24) is 9.88 Å². The van der Waals surface area contributed by atoms with E-state index in [1.165, 1.54) is 28.4 Å². The van der Waals surface area contributed by atoms with Crippen molar-refractivity contribution in [2.45, 2.75) is 16.7 Å². The molecule has 0 radical (unpaired) electrons. The van der Waals surface area contributed by atoms with Crippen LogP contribution in [0.2, 0.25) is 0 Å². The lowest BCUT2D eigenvalue weighted by molar-refractivity contribution is -0.136. The van der Waals surface area contributed by atoms with Crippen molar-refractivity contribution in [1.29, 1.82) is 10.5 Å². The van der Waals surface area contributed by atoms with Crippen molar-refractivity contribution in [3.05, 3.63) is 23.3 Å². The van der Waals surface area contributed by atoms with E-state index in [1.807, 2.05) is 6.07 Å². The Hall–Kier alpha value is -3.96. The van der Waals surface area contributed by atoms with E-state index >= 15 is 0 Å². The van der Waals surface area contributed by atoms with Gasteiger partial charge in [0.05, 0.1) is 32.1 Å². The molecule has 1 unspecified atom stereocenters. The van der Waals surface area contributed by atoms with Crippen LogP contribution in [0.15, 0.2) is 17.2 Å². The summed E-state index contributed by atoms with van der Waals surface area (Å²) < 4.78 is 16.1. The molecule has 3 rings (SSSR count). The molecule has 0 spiro atoms. The largest absolute Gasteiger partial charge is 0.493 e. The molecule has 1 aliphatic heterocycles. The van der Waals surface area contributed by atoms with Gasteiger partial charge in [-0.3, -0.25) is 14.5 Å². The van der Waals surface area contributed by atoms with Gasteiger partial charge in [0.25, 0.3) is 0 Å². The standard InChI is InChI=1S/C21H19N5O5S/c1-26-16(27)7-15(21(26)28)32-20-12(9-23)17(11(8-22)19(24)25-20)10-5-13(29-2)18(31-4)14(6-10)30-3/h5-6,15H,7H2,1-4H3,(H2,24,25). The molecule has 1 atom stereocenters. The van der Waals surface area contributed by atoms with Gasteiger partial charge in [-0.05, 0) is 17.7 Å². The van der Waals surface area contributed by atoms with Gasteiger partial charge in [-0.15, -0.1) is 0 Å². The van der Waals surface area contributed by atoms with E-state index in [2.05, 4.69) is 11.1 Å². The maximum atomic E-state index is 12.4. The second-order valence-corrected chi connectivity index (χ2v) is 7.86. The number of benzene rings is 1. The summed E-state index contributed by atoms with van der Waals surface area (Å²) in [4.78, 5) is 29.5. The number of likely N-dealkylation sites (tertiary alicyclic amines) is 1. The van der Waals surface area contributed by atoms with E-state index in [9.17, 15) is 20.1 Å². The van der Waals surface area contributed by atoms with E-state index in [1.54, 1.807) is 12.1 Å². The van der Waals surface area contributed by atoms with Crippen molar-refractivity contribution >= 4 is 29.4 Å². The third-order valence-electron chi connectivity index (χ3n) is 4.96. The quantitative estimate of drug-likeness (QED) is 0.642. The SMILES string of the molecule is COc1cc(-c2c(C#N)c(N)nc(SC3CC(=O)N(C)C3=O)c2C#N)cc(OC)c1OC. The Morgan fingerprint density at radius 2 is 1.69 bits per heavy atom. The van der Waals surface area contributed by atoms with E-state index < -0.39 is 5.25 Å². The number of pyridine rings is 1. The summed E-state index contributed by atoms with van der Waals surface area (Å²) in [6.07, 6.45) is -0.0219. The van der Waals surface area contributed by atoms with Gasteiger partial charge in [0.2, 0.25) is 17.6 Å². The van der Waals surface area contributed by atoms with Crippen molar-refractivity contribution in [3.8, 4) is 40.5 Å². The number of ether oxygens (including phenoxy) is 3. The average molecular weight is 453 g/mol. The number of carbonyl (C=O) groups excluding carboxylic acids is 2. The van der Waals surface area contributed by atoms with Crippen molar-refractivity contribution in [2.75, 3.05) is 34.1 Å². The number of methoxy groups -OCH3 is 3. The smallest absolute Gasteiger partial charge is 0.242 e. The number of rotatable bonds is 6. The Labute approximate surface area is 188 Å². The average Bonchev–Trinajstić information content (AvgIpc) is 3.03. The van der Waals surface area contributed by atoms with Gasteiger partial charge in [0, 0.05) is 19.0 Å². The fourth-order valence-electron chi connectivity index (χ4n) is 3.35. The molecule has 1 aromatic carbocycles. The summed E-state index contributed by atoms with van der Waals surface area (Å²) in [7, 11) is 5.74. The topological polar surface area (TPSA) is 152 Å². The van der Waals surface area contributed by atoms with Crippen molar-refractivity contribution in [2.24, 2.45) is 0 Å². The molecule has 2 heterocycles. The normalized spacial score (nSPS) is 15.3. The van der Waals surface area contributed by atoms with Gasteiger partial charge < -0.3 is 19.9 Å². The molecular formula is C21H19N5O5S. The van der Waals surface area contributed by atoms with Crippen LogP contribution < -0.4 is 19.9 Å². The zero-order valence-corrected chi connectivity index (χ0v) is 18.6. The molecule has 0 aliphatic carbocycles. The molecule has 1 saturated heterocycles. The van der Waals surface area contributed by atoms with E-state index in [0.29, 0.717) is 22.8 Å². The lowest BCUT2D eigenvalue weighted by Gasteiger charge is -2.17. The number of anilines is 1. The maximum absolute atomic E-state index is 12.4. The lowest BCUT2D eigenvalue weighted by Crippen LogP contribution is -2.26. The Morgan fingerprint density at radius 3 is 2.12 bits per heavy atom. The summed E-state index contributed by atoms with van der Waals surface area (Å²) in [6.45, 7) is 0. The first-order chi connectivity index (χ1) is 15.3. The number of imide groups is 1. The van der Waals surface area contributed by atoms with Crippen molar-refractivity contribution in [3.63, 3.8) is 0 Å². The highest BCUT2D eigenvalue weighted by Crippen LogP contribution is 2.45. The number of hydrogen-bond donors (Lipinski definition) is 1. The number of nitrogen functional groups attached to an aromatic ring is 1. The second kappa shape index (κ2) is 9.04. The Balaban J connectivity index is 2.25. The first-order valence-corrected chi connectivity index (χ1v) is 10.1. The summed E-state index contributed by atoms with van der Waals surface area (Å²) >= 11 is 0.966. The highest BCUT2D eigenvalue weighted by atomic mass is 32.2. The molecule has 32 heavy (non-hydrogen) atoms. The zero-order valence-electron chi connectivity index (χ0n) is 17.8. The predicted molar refractivity (Wildman–Crippen MR) is 115 cm³/mol. The number of amides is 2. The van der Waals surface area contributed by atoms with Crippen LogP contribution in [0.4, 0.5) is 5.82 Å². The Kier molecular flexibility index (Phi) is 6.42. The minimum absolute atomic E-state index is 0.00823. The summed E-state index contributed by atoms with van der Waals surface area (Å²) in [5.74, 6) is 0.156. The fraction of sp³-hybridized carbons (Fsp3) is 0.286. The van der Waals surface area contributed by atoms with Gasteiger partial charge in [-0.25, -0.2) is 4.98 Å². The number of aromatic nitrogens is 1. The monoisotopic (exact) mass is 453 g/mol. The molecule has 1 fully saturated rings. The van der Waals surface area contributed by atoms with Gasteiger partial charge >= 0.3 is 0 Å². The first kappa shape index (κ1) is 22.7. The van der Waals surface area contributed by atoms with Crippen LogP contribution in [0.3, 0.4) is 0 Å². The molecule has 2 amide bonds. The Morgan fingerprint density at radius 1 is 1.09 bits per heavy atom.